The molecule has 0 radical (unpaired) electrons. The van der Waals surface area contributed by atoms with Crippen LogP contribution in [0.15, 0.2) is 72.0 Å². The van der Waals surface area contributed by atoms with E-state index in [9.17, 15) is 9.59 Å². The number of hydrogen-bond donors (Lipinski definition) is 2. The second-order valence-electron chi connectivity index (χ2n) is 5.99. The van der Waals surface area contributed by atoms with Crippen LogP contribution in [0.3, 0.4) is 0 Å². The van der Waals surface area contributed by atoms with E-state index in [1.54, 1.807) is 12.1 Å². The minimum Gasteiger partial charge on any atom is -0.478 e. The lowest BCUT2D eigenvalue weighted by Gasteiger charge is -2.14. The van der Waals surface area contributed by atoms with Gasteiger partial charge >= 0.3 is 5.97 Å². The summed E-state index contributed by atoms with van der Waals surface area (Å²) in [6.45, 7) is 1.93. The molecule has 0 saturated heterocycles. The zero-order valence-corrected chi connectivity index (χ0v) is 16.0. The molecule has 7 heteroatoms. The first kappa shape index (κ1) is 19.6. The summed E-state index contributed by atoms with van der Waals surface area (Å²) in [5.74, 6) is -1.16. The van der Waals surface area contributed by atoms with Crippen molar-refractivity contribution >= 4 is 29.3 Å². The Labute approximate surface area is 167 Å². The Morgan fingerprint density at radius 3 is 2.43 bits per heavy atom. The third-order valence-electron chi connectivity index (χ3n) is 4.04. The molecule has 0 aliphatic rings. The summed E-state index contributed by atoms with van der Waals surface area (Å²) in [4.78, 5) is 32.1. The zero-order chi connectivity index (χ0) is 19.9. The van der Waals surface area contributed by atoms with Crippen LogP contribution in [-0.2, 0) is 4.79 Å². The van der Waals surface area contributed by atoms with Gasteiger partial charge in [0.25, 0.3) is 0 Å². The van der Waals surface area contributed by atoms with Gasteiger partial charge in [0.2, 0.25) is 5.91 Å². The molecule has 2 aromatic carbocycles. The highest BCUT2D eigenvalue weighted by molar-refractivity contribution is 8.00. The Morgan fingerprint density at radius 2 is 1.79 bits per heavy atom. The van der Waals surface area contributed by atoms with Gasteiger partial charge in [0.1, 0.15) is 11.4 Å². The fourth-order valence-corrected chi connectivity index (χ4v) is 3.47. The molecular formula is C21H19N3O3S. The molecular weight excluding hydrogens is 374 g/mol. The number of amides is 1. The lowest BCUT2D eigenvalue weighted by molar-refractivity contribution is -0.115. The van der Waals surface area contributed by atoms with Crippen LogP contribution in [0, 0.1) is 0 Å². The lowest BCUT2D eigenvalue weighted by Crippen LogP contribution is -2.24. The second-order valence-corrected chi connectivity index (χ2v) is 7.22. The van der Waals surface area contributed by atoms with Gasteiger partial charge in [-0.3, -0.25) is 4.79 Å². The van der Waals surface area contributed by atoms with Crippen LogP contribution >= 0.6 is 11.8 Å². The highest BCUT2D eigenvalue weighted by atomic mass is 32.2. The van der Waals surface area contributed by atoms with E-state index in [2.05, 4.69) is 15.3 Å². The van der Waals surface area contributed by atoms with E-state index < -0.39 is 5.97 Å². The number of nitrogens with one attached hydrogen (secondary N) is 1. The second kappa shape index (κ2) is 9.14. The van der Waals surface area contributed by atoms with Crippen molar-refractivity contribution in [1.29, 1.82) is 0 Å². The molecule has 3 aromatic rings. The van der Waals surface area contributed by atoms with Crippen molar-refractivity contribution in [1.82, 2.24) is 9.97 Å². The maximum Gasteiger partial charge on any atom is 0.335 e. The van der Waals surface area contributed by atoms with E-state index in [4.69, 9.17) is 5.11 Å². The average molecular weight is 393 g/mol. The minimum absolute atomic E-state index is 0.157. The number of carboxylic acid groups (broad SMARTS) is 1. The van der Waals surface area contributed by atoms with Crippen molar-refractivity contribution in [2.75, 3.05) is 5.32 Å². The summed E-state index contributed by atoms with van der Waals surface area (Å²) >= 11 is 1.38. The fraction of sp³-hybridized carbons (Fsp3) is 0.143. The lowest BCUT2D eigenvalue weighted by atomic mass is 10.1. The molecule has 1 atom stereocenters. The van der Waals surface area contributed by atoms with Crippen LogP contribution in [0.4, 0.5) is 5.69 Å². The highest BCUT2D eigenvalue weighted by Crippen LogP contribution is 2.27. The highest BCUT2D eigenvalue weighted by Gasteiger charge is 2.19. The standard InChI is InChI=1S/C21H19N3O3S/c1-2-18(20(25)24-16-10-8-15(9-11-16)21(26)27)28-19-12-17(22-13-23-19)14-6-4-3-5-7-14/h3-13,18H,2H2,1H3,(H,24,25)(H,26,27). The minimum atomic E-state index is -1.00. The van der Waals surface area contributed by atoms with Gasteiger partial charge in [-0.2, -0.15) is 0 Å². The van der Waals surface area contributed by atoms with Crippen LogP contribution in [0.1, 0.15) is 23.7 Å². The Kier molecular flexibility index (Phi) is 6.39. The molecule has 0 saturated carbocycles. The first-order valence-electron chi connectivity index (χ1n) is 8.75. The van der Waals surface area contributed by atoms with Crippen LogP contribution < -0.4 is 5.32 Å². The molecule has 28 heavy (non-hydrogen) atoms. The molecule has 0 aliphatic carbocycles. The zero-order valence-electron chi connectivity index (χ0n) is 15.2. The van der Waals surface area contributed by atoms with Gasteiger partial charge < -0.3 is 10.4 Å². The van der Waals surface area contributed by atoms with Crippen LogP contribution in [-0.4, -0.2) is 32.2 Å². The van der Waals surface area contributed by atoms with Gasteiger partial charge in [0, 0.05) is 11.3 Å². The molecule has 0 fully saturated rings. The predicted molar refractivity (Wildman–Crippen MR) is 109 cm³/mol. The number of anilines is 1. The summed E-state index contributed by atoms with van der Waals surface area (Å²) < 4.78 is 0. The number of carbonyl (C=O) groups excluding carboxylic acids is 1. The number of aromatic nitrogens is 2. The molecule has 1 amide bonds. The molecule has 0 spiro atoms. The SMILES string of the molecule is CCC(Sc1cc(-c2ccccc2)ncn1)C(=O)Nc1ccc(C(=O)O)cc1. The maximum absolute atomic E-state index is 12.6. The number of thioether (sulfide) groups is 1. The molecule has 2 N–H and O–H groups in total. The van der Waals surface area contributed by atoms with Crippen LogP contribution in [0.2, 0.25) is 0 Å². The molecule has 3 rings (SSSR count). The van der Waals surface area contributed by atoms with Crippen LogP contribution in [0.25, 0.3) is 11.3 Å². The van der Waals surface area contributed by atoms with E-state index in [-0.39, 0.29) is 16.7 Å². The van der Waals surface area contributed by atoms with Gasteiger partial charge in [-0.15, -0.1) is 0 Å². The van der Waals surface area contributed by atoms with E-state index in [1.807, 2.05) is 43.3 Å². The normalized spacial score (nSPS) is 11.6. The van der Waals surface area contributed by atoms with Crippen molar-refractivity contribution in [2.45, 2.75) is 23.6 Å². The van der Waals surface area contributed by atoms with Gasteiger partial charge in [-0.05, 0) is 36.8 Å². The van der Waals surface area contributed by atoms with E-state index in [1.165, 1.54) is 30.2 Å². The van der Waals surface area contributed by atoms with Crippen LogP contribution in [0.5, 0.6) is 0 Å². The Bertz CT molecular complexity index is 962. The van der Waals surface area contributed by atoms with Gasteiger partial charge in [0.15, 0.2) is 0 Å². The van der Waals surface area contributed by atoms with Crippen molar-refractivity contribution in [3.63, 3.8) is 0 Å². The number of benzene rings is 2. The smallest absolute Gasteiger partial charge is 0.335 e. The average Bonchev–Trinajstić information content (AvgIpc) is 2.73. The summed E-state index contributed by atoms with van der Waals surface area (Å²) in [5, 5.41) is 12.2. The third-order valence-corrected chi connectivity index (χ3v) is 5.33. The predicted octanol–water partition coefficient (Wildman–Crippen LogP) is 4.35. The molecule has 6 nitrogen and oxygen atoms in total. The van der Waals surface area contributed by atoms with E-state index in [0.717, 1.165) is 16.3 Å². The molecule has 0 bridgehead atoms. The summed E-state index contributed by atoms with van der Waals surface area (Å²) in [6.07, 6.45) is 2.12. The number of rotatable bonds is 7. The first-order chi connectivity index (χ1) is 13.6. The molecule has 142 valence electrons. The van der Waals surface area contributed by atoms with E-state index in [0.29, 0.717) is 12.1 Å². The van der Waals surface area contributed by atoms with Crippen molar-refractivity contribution < 1.29 is 14.7 Å². The van der Waals surface area contributed by atoms with Gasteiger partial charge in [-0.1, -0.05) is 49.0 Å². The fourth-order valence-electron chi connectivity index (χ4n) is 2.56. The number of carboxylic acids is 1. The first-order valence-corrected chi connectivity index (χ1v) is 9.63. The molecule has 0 aliphatic heterocycles. The summed E-state index contributed by atoms with van der Waals surface area (Å²) in [5.41, 5.74) is 2.52. The number of nitrogens with zero attached hydrogens (tertiary/aromatic N) is 2. The Balaban J connectivity index is 1.70. The summed E-state index contributed by atoms with van der Waals surface area (Å²) in [6, 6.07) is 17.7. The Hall–Kier alpha value is -3.19. The maximum atomic E-state index is 12.6. The summed E-state index contributed by atoms with van der Waals surface area (Å²) in [7, 11) is 0. The monoisotopic (exact) mass is 393 g/mol. The van der Waals surface area contributed by atoms with Crippen molar-refractivity contribution in [3.05, 3.63) is 72.6 Å². The molecule has 1 heterocycles. The largest absolute Gasteiger partial charge is 0.478 e. The molecule has 1 unspecified atom stereocenters. The molecule has 1 aromatic heterocycles. The van der Waals surface area contributed by atoms with Gasteiger partial charge in [0.05, 0.1) is 16.5 Å². The van der Waals surface area contributed by atoms with Crippen molar-refractivity contribution in [3.8, 4) is 11.3 Å². The Morgan fingerprint density at radius 1 is 1.07 bits per heavy atom. The van der Waals surface area contributed by atoms with Gasteiger partial charge in [-0.25, -0.2) is 14.8 Å². The quantitative estimate of drug-likeness (QED) is 0.458. The number of hydrogen-bond acceptors (Lipinski definition) is 5. The number of carbonyl (C=O) groups is 2. The topological polar surface area (TPSA) is 92.2 Å². The number of aromatic carboxylic acids is 1. The third kappa shape index (κ3) is 4.95. The van der Waals surface area contributed by atoms with Crippen molar-refractivity contribution in [2.24, 2.45) is 0 Å². The van der Waals surface area contributed by atoms with E-state index >= 15 is 0 Å².